The highest BCUT2D eigenvalue weighted by atomic mass is 35.5. The van der Waals surface area contributed by atoms with Crippen molar-refractivity contribution in [3.63, 3.8) is 0 Å². The molecule has 0 N–H and O–H groups in total. The second-order valence-corrected chi connectivity index (χ2v) is 6.56. The quantitative estimate of drug-likeness (QED) is 0.622. The number of halogens is 1. The summed E-state index contributed by atoms with van der Waals surface area (Å²) in [6.07, 6.45) is -0.947. The highest BCUT2D eigenvalue weighted by Gasteiger charge is 2.24. The van der Waals surface area contributed by atoms with Gasteiger partial charge in [-0.15, -0.1) is 0 Å². The van der Waals surface area contributed by atoms with Crippen molar-refractivity contribution < 1.29 is 23.8 Å². The van der Waals surface area contributed by atoms with E-state index < -0.39 is 12.1 Å². The molecule has 0 spiro atoms. The van der Waals surface area contributed by atoms with Gasteiger partial charge >= 0.3 is 5.97 Å². The minimum Gasteiger partial charge on any atom is -0.493 e. The van der Waals surface area contributed by atoms with E-state index in [0.29, 0.717) is 24.7 Å². The van der Waals surface area contributed by atoms with Crippen molar-refractivity contribution in [2.75, 3.05) is 20.8 Å². The van der Waals surface area contributed by atoms with E-state index in [0.717, 1.165) is 5.56 Å². The standard InChI is InChI=1S/C21H24ClNO5/c1-5-27-19-17(22)11-16(12-18(19)26-4)21(25)28-14(2)20(24)23(3)13-15-9-7-6-8-10-15/h6-12,14H,5,13H2,1-4H3/t14-/m0/s1. The van der Waals surface area contributed by atoms with Crippen molar-refractivity contribution in [2.24, 2.45) is 0 Å². The summed E-state index contributed by atoms with van der Waals surface area (Å²) in [7, 11) is 3.12. The molecular weight excluding hydrogens is 382 g/mol. The fourth-order valence-electron chi connectivity index (χ4n) is 2.65. The van der Waals surface area contributed by atoms with Crippen LogP contribution in [0.1, 0.15) is 29.8 Å². The highest BCUT2D eigenvalue weighted by Crippen LogP contribution is 2.36. The van der Waals surface area contributed by atoms with Crippen LogP contribution >= 0.6 is 11.6 Å². The first-order chi connectivity index (χ1) is 13.4. The number of ether oxygens (including phenoxy) is 3. The fourth-order valence-corrected chi connectivity index (χ4v) is 2.91. The molecule has 0 saturated heterocycles. The van der Waals surface area contributed by atoms with Gasteiger partial charge in [0.15, 0.2) is 17.6 Å². The van der Waals surface area contributed by atoms with Crippen LogP contribution in [0.25, 0.3) is 0 Å². The van der Waals surface area contributed by atoms with Crippen LogP contribution in [0.2, 0.25) is 5.02 Å². The molecule has 0 aliphatic heterocycles. The Balaban J connectivity index is 2.07. The molecule has 0 heterocycles. The number of benzene rings is 2. The van der Waals surface area contributed by atoms with Gasteiger partial charge in [0, 0.05) is 13.6 Å². The first-order valence-electron chi connectivity index (χ1n) is 8.87. The number of esters is 1. The van der Waals surface area contributed by atoms with Crippen LogP contribution in [0.4, 0.5) is 0 Å². The Morgan fingerprint density at radius 3 is 2.46 bits per heavy atom. The molecule has 1 amide bonds. The number of hydrogen-bond acceptors (Lipinski definition) is 5. The molecule has 2 rings (SSSR count). The zero-order chi connectivity index (χ0) is 20.7. The van der Waals surface area contributed by atoms with Crippen molar-refractivity contribution in [1.82, 2.24) is 4.90 Å². The van der Waals surface area contributed by atoms with Gasteiger partial charge in [0.25, 0.3) is 5.91 Å². The summed E-state index contributed by atoms with van der Waals surface area (Å²) in [6, 6.07) is 12.5. The summed E-state index contributed by atoms with van der Waals surface area (Å²) in [5.41, 5.74) is 1.16. The number of hydrogen-bond donors (Lipinski definition) is 0. The second-order valence-electron chi connectivity index (χ2n) is 6.15. The molecule has 7 heteroatoms. The molecule has 0 bridgehead atoms. The molecule has 28 heavy (non-hydrogen) atoms. The molecule has 0 aliphatic carbocycles. The Morgan fingerprint density at radius 1 is 1.18 bits per heavy atom. The SMILES string of the molecule is CCOc1c(Cl)cc(C(=O)O[C@@H](C)C(=O)N(C)Cc2ccccc2)cc1OC. The number of nitrogens with zero attached hydrogens (tertiary/aromatic N) is 1. The Labute approximate surface area is 169 Å². The monoisotopic (exact) mass is 405 g/mol. The number of carbonyl (C=O) groups excluding carboxylic acids is 2. The summed E-state index contributed by atoms with van der Waals surface area (Å²) >= 11 is 6.19. The van der Waals surface area contributed by atoms with Crippen molar-refractivity contribution in [3.8, 4) is 11.5 Å². The van der Waals surface area contributed by atoms with Crippen molar-refractivity contribution in [3.05, 3.63) is 58.6 Å². The van der Waals surface area contributed by atoms with E-state index in [2.05, 4.69) is 0 Å². The van der Waals surface area contributed by atoms with Crippen molar-refractivity contribution in [2.45, 2.75) is 26.5 Å². The molecule has 0 aromatic heterocycles. The van der Waals surface area contributed by atoms with E-state index in [-0.39, 0.29) is 16.5 Å². The topological polar surface area (TPSA) is 65.1 Å². The second kappa shape index (κ2) is 9.99. The van der Waals surface area contributed by atoms with E-state index in [4.69, 9.17) is 25.8 Å². The van der Waals surface area contributed by atoms with Gasteiger partial charge < -0.3 is 19.1 Å². The summed E-state index contributed by atoms with van der Waals surface area (Å²) in [5, 5.41) is 0.230. The zero-order valence-corrected chi connectivity index (χ0v) is 17.2. The fraction of sp³-hybridized carbons (Fsp3) is 0.333. The smallest absolute Gasteiger partial charge is 0.339 e. The van der Waals surface area contributed by atoms with E-state index in [1.807, 2.05) is 37.3 Å². The lowest BCUT2D eigenvalue weighted by atomic mass is 10.2. The average Bonchev–Trinajstić information content (AvgIpc) is 2.69. The lowest BCUT2D eigenvalue weighted by molar-refractivity contribution is -0.139. The number of methoxy groups -OCH3 is 1. The molecule has 0 radical (unpaired) electrons. The maximum absolute atomic E-state index is 12.5. The maximum Gasteiger partial charge on any atom is 0.339 e. The largest absolute Gasteiger partial charge is 0.493 e. The number of amides is 1. The predicted octanol–water partition coefficient (Wildman–Crippen LogP) is 3.95. The minimum atomic E-state index is -0.947. The Bertz CT molecular complexity index is 825. The minimum absolute atomic E-state index is 0.177. The van der Waals surface area contributed by atoms with Gasteiger partial charge in [-0.25, -0.2) is 4.79 Å². The molecular formula is C21H24ClNO5. The Hall–Kier alpha value is -2.73. The van der Waals surface area contributed by atoms with E-state index in [1.165, 1.54) is 31.1 Å². The first kappa shape index (κ1) is 21.6. The highest BCUT2D eigenvalue weighted by molar-refractivity contribution is 6.32. The third kappa shape index (κ3) is 5.39. The molecule has 0 aliphatic rings. The molecule has 2 aromatic rings. The van der Waals surface area contributed by atoms with Gasteiger partial charge in [0.1, 0.15) is 0 Å². The zero-order valence-electron chi connectivity index (χ0n) is 16.4. The first-order valence-corrected chi connectivity index (χ1v) is 9.25. The van der Waals surface area contributed by atoms with Gasteiger partial charge in [-0.3, -0.25) is 4.79 Å². The van der Waals surface area contributed by atoms with Crippen LogP contribution in [0.3, 0.4) is 0 Å². The van der Waals surface area contributed by atoms with Crippen LogP contribution in [0.15, 0.2) is 42.5 Å². The van der Waals surface area contributed by atoms with Crippen molar-refractivity contribution >= 4 is 23.5 Å². The van der Waals surface area contributed by atoms with Gasteiger partial charge in [0.2, 0.25) is 0 Å². The van der Waals surface area contributed by atoms with Crippen LogP contribution in [0, 0.1) is 0 Å². The maximum atomic E-state index is 12.5. The third-order valence-electron chi connectivity index (χ3n) is 4.02. The lowest BCUT2D eigenvalue weighted by Gasteiger charge is -2.22. The Morgan fingerprint density at radius 2 is 1.86 bits per heavy atom. The number of rotatable bonds is 8. The van der Waals surface area contributed by atoms with Gasteiger partial charge in [-0.1, -0.05) is 41.9 Å². The van der Waals surface area contributed by atoms with Gasteiger partial charge in [-0.2, -0.15) is 0 Å². The third-order valence-corrected chi connectivity index (χ3v) is 4.30. The summed E-state index contributed by atoms with van der Waals surface area (Å²) < 4.78 is 16.0. The average molecular weight is 406 g/mol. The van der Waals surface area contributed by atoms with Crippen molar-refractivity contribution in [1.29, 1.82) is 0 Å². The predicted molar refractivity (Wildman–Crippen MR) is 107 cm³/mol. The van der Waals surface area contributed by atoms with Crippen LogP contribution < -0.4 is 9.47 Å². The molecule has 150 valence electrons. The van der Waals surface area contributed by atoms with Crippen LogP contribution in [-0.2, 0) is 16.1 Å². The van der Waals surface area contributed by atoms with Gasteiger partial charge in [-0.05, 0) is 31.5 Å². The normalized spacial score (nSPS) is 11.5. The van der Waals surface area contributed by atoms with Gasteiger partial charge in [0.05, 0.1) is 24.3 Å². The lowest BCUT2D eigenvalue weighted by Crippen LogP contribution is -2.37. The summed E-state index contributed by atoms with van der Waals surface area (Å²) in [4.78, 5) is 26.5. The van der Waals surface area contributed by atoms with Crippen LogP contribution in [-0.4, -0.2) is 43.6 Å². The molecule has 0 saturated carbocycles. The van der Waals surface area contributed by atoms with E-state index in [1.54, 1.807) is 7.05 Å². The van der Waals surface area contributed by atoms with E-state index in [9.17, 15) is 9.59 Å². The summed E-state index contributed by atoms with van der Waals surface area (Å²) in [6.45, 7) is 4.18. The Kier molecular flexibility index (Phi) is 7.70. The molecule has 0 unspecified atom stereocenters. The molecule has 6 nitrogen and oxygen atoms in total. The van der Waals surface area contributed by atoms with Crippen LogP contribution in [0.5, 0.6) is 11.5 Å². The summed E-state index contributed by atoms with van der Waals surface area (Å²) in [5.74, 6) is -0.296. The molecule has 1 atom stereocenters. The van der Waals surface area contributed by atoms with E-state index >= 15 is 0 Å². The number of likely N-dealkylation sites (N-methyl/N-ethyl adjacent to an activating group) is 1. The molecule has 0 fully saturated rings. The molecule has 2 aromatic carbocycles. The number of carbonyl (C=O) groups is 2.